The molecule has 51 heavy (non-hydrogen) atoms. The summed E-state index contributed by atoms with van der Waals surface area (Å²) in [4.78, 5) is 63.6. The molecular weight excluding hydrogens is 695 g/mol. The Labute approximate surface area is 302 Å². The Morgan fingerprint density at radius 2 is 1.02 bits per heavy atom. The molecule has 4 amide bonds. The van der Waals surface area contributed by atoms with Crippen LogP contribution in [0.3, 0.4) is 0 Å². The summed E-state index contributed by atoms with van der Waals surface area (Å²) in [5.74, 6) is -0.703. The summed E-state index contributed by atoms with van der Waals surface area (Å²) in [6.45, 7) is 0.901. The first-order valence-electron chi connectivity index (χ1n) is 16.3. The van der Waals surface area contributed by atoms with Crippen LogP contribution in [0.25, 0.3) is 22.9 Å². The number of aromatic nitrogens is 4. The van der Waals surface area contributed by atoms with E-state index in [1.807, 2.05) is 0 Å². The quantitative estimate of drug-likeness (QED) is 0.183. The minimum Gasteiger partial charge on any atom is -0.416 e. The smallest absolute Gasteiger partial charge is 0.273 e. The molecule has 2 fully saturated rings. The molecule has 0 saturated carbocycles. The summed E-state index contributed by atoms with van der Waals surface area (Å²) in [5, 5.41) is 14.6. The van der Waals surface area contributed by atoms with E-state index >= 15 is 0 Å². The molecule has 2 aliphatic heterocycles. The molecule has 2 aliphatic rings. The van der Waals surface area contributed by atoms with Gasteiger partial charge in [-0.25, -0.2) is 9.97 Å². The maximum atomic E-state index is 13.2. The van der Waals surface area contributed by atoms with Gasteiger partial charge in [0.15, 0.2) is 0 Å². The predicted molar refractivity (Wildman–Crippen MR) is 189 cm³/mol. The monoisotopic (exact) mass is 724 g/mol. The van der Waals surface area contributed by atoms with Crippen molar-refractivity contribution < 1.29 is 23.6 Å². The number of amides is 4. The first kappa shape index (κ1) is 33.8. The van der Waals surface area contributed by atoms with E-state index in [2.05, 4.69) is 30.8 Å². The fourth-order valence-electron chi connectivity index (χ4n) is 6.21. The van der Waals surface area contributed by atoms with Crippen molar-refractivity contribution in [3.05, 3.63) is 107 Å². The lowest BCUT2D eigenvalue weighted by Gasteiger charge is -2.23. The minimum absolute atomic E-state index is 0.197. The van der Waals surface area contributed by atoms with Crippen molar-refractivity contribution in [2.24, 2.45) is 0 Å². The second-order valence-corrected chi connectivity index (χ2v) is 12.8. The lowest BCUT2D eigenvalue weighted by atomic mass is 10.1. The van der Waals surface area contributed by atoms with Crippen LogP contribution in [0.15, 0.2) is 89.3 Å². The molecule has 0 spiro atoms. The standard InChI is InChI=1S/C36H30Cl2N8O5/c37-29-9-1-5-25(41-29)35(49)45-19-3-7-27(45)31(47)39-23-15-11-21(12-16-23)33-43-44-34(51-33)22-13-17-24(18-14-22)40-32(48)28-8-4-20-46(28)36(50)26-6-2-10-30(38)42-26/h1-2,5-6,9-18,27-28H,3-4,7-8,19-20H2,(H,39,47)(H,40,48)/t27-,28-/m0/s1. The SMILES string of the molecule is O=C(Nc1ccc(-c2nnc(-c3ccc(NC(=O)[C@@H]4CCCN4C(=O)c4cccc(Cl)n4)cc3)o2)cc1)[C@@H]1CCCN1C(=O)c1cccc(Cl)n1. The van der Waals surface area contributed by atoms with Crippen LogP contribution in [0.2, 0.25) is 10.3 Å². The summed E-state index contributed by atoms with van der Waals surface area (Å²) < 4.78 is 5.93. The van der Waals surface area contributed by atoms with Gasteiger partial charge in [-0.05, 0) is 98.5 Å². The molecule has 2 saturated heterocycles. The highest BCUT2D eigenvalue weighted by Gasteiger charge is 2.36. The van der Waals surface area contributed by atoms with Gasteiger partial charge in [0, 0.05) is 35.6 Å². The Bertz CT molecular complexity index is 1960. The van der Waals surface area contributed by atoms with Crippen molar-refractivity contribution in [3.63, 3.8) is 0 Å². The first-order chi connectivity index (χ1) is 24.7. The van der Waals surface area contributed by atoms with E-state index in [0.29, 0.717) is 61.3 Å². The van der Waals surface area contributed by atoms with E-state index in [4.69, 9.17) is 27.6 Å². The zero-order chi connectivity index (χ0) is 35.5. The van der Waals surface area contributed by atoms with Crippen LogP contribution in [0.1, 0.15) is 46.7 Å². The molecule has 0 unspecified atom stereocenters. The Morgan fingerprint density at radius 3 is 1.41 bits per heavy atom. The number of carbonyl (C=O) groups is 4. The van der Waals surface area contributed by atoms with E-state index in [-0.39, 0.29) is 57.1 Å². The van der Waals surface area contributed by atoms with E-state index in [0.717, 1.165) is 0 Å². The van der Waals surface area contributed by atoms with Crippen LogP contribution < -0.4 is 10.6 Å². The normalized spacial score (nSPS) is 17.0. The number of halogens is 2. The van der Waals surface area contributed by atoms with Crippen LogP contribution in [-0.4, -0.2) is 78.8 Å². The van der Waals surface area contributed by atoms with Crippen LogP contribution in [0, 0.1) is 0 Å². The lowest BCUT2D eigenvalue weighted by Crippen LogP contribution is -2.43. The third kappa shape index (κ3) is 7.44. The zero-order valence-corrected chi connectivity index (χ0v) is 28.5. The highest BCUT2D eigenvalue weighted by atomic mass is 35.5. The van der Waals surface area contributed by atoms with Crippen LogP contribution in [0.4, 0.5) is 11.4 Å². The number of carbonyl (C=O) groups excluding carboxylic acids is 4. The van der Waals surface area contributed by atoms with Gasteiger partial charge >= 0.3 is 0 Å². The molecule has 2 atom stereocenters. The summed E-state index contributed by atoms with van der Waals surface area (Å²) >= 11 is 11.9. The fraction of sp³-hybridized carbons (Fsp3) is 0.222. The fourth-order valence-corrected chi connectivity index (χ4v) is 6.54. The Morgan fingerprint density at radius 1 is 0.608 bits per heavy atom. The molecule has 7 rings (SSSR count). The molecule has 5 heterocycles. The molecule has 258 valence electrons. The number of pyridine rings is 2. The van der Waals surface area contributed by atoms with E-state index in [1.54, 1.807) is 84.9 Å². The number of rotatable bonds is 8. The van der Waals surface area contributed by atoms with Crippen LogP contribution >= 0.6 is 23.2 Å². The van der Waals surface area contributed by atoms with Crippen molar-refractivity contribution in [2.75, 3.05) is 23.7 Å². The molecule has 15 heteroatoms. The summed E-state index contributed by atoms with van der Waals surface area (Å²) in [5.41, 5.74) is 2.78. The van der Waals surface area contributed by atoms with Crippen molar-refractivity contribution in [2.45, 2.75) is 37.8 Å². The van der Waals surface area contributed by atoms with Gasteiger partial charge < -0.3 is 24.9 Å². The zero-order valence-electron chi connectivity index (χ0n) is 27.0. The minimum atomic E-state index is -0.630. The number of anilines is 2. The topological polar surface area (TPSA) is 164 Å². The van der Waals surface area contributed by atoms with Crippen LogP contribution in [0.5, 0.6) is 0 Å². The number of nitrogens with zero attached hydrogens (tertiary/aromatic N) is 6. The van der Waals surface area contributed by atoms with Crippen molar-refractivity contribution >= 4 is 58.2 Å². The van der Waals surface area contributed by atoms with E-state index in [9.17, 15) is 19.2 Å². The largest absolute Gasteiger partial charge is 0.416 e. The number of likely N-dealkylation sites (tertiary alicyclic amines) is 2. The number of hydrogen-bond acceptors (Lipinski definition) is 9. The second-order valence-electron chi connectivity index (χ2n) is 12.0. The van der Waals surface area contributed by atoms with E-state index < -0.39 is 12.1 Å². The predicted octanol–water partition coefficient (Wildman–Crippen LogP) is 5.99. The van der Waals surface area contributed by atoms with Gasteiger partial charge in [-0.2, -0.15) is 0 Å². The molecule has 3 aromatic heterocycles. The van der Waals surface area contributed by atoms with E-state index in [1.165, 1.54) is 9.80 Å². The van der Waals surface area contributed by atoms with Gasteiger partial charge in [-0.3, -0.25) is 19.2 Å². The third-order valence-electron chi connectivity index (χ3n) is 8.72. The molecule has 13 nitrogen and oxygen atoms in total. The number of nitrogens with one attached hydrogen (secondary N) is 2. The molecule has 5 aromatic rings. The Hall–Kier alpha value is -5.66. The average molecular weight is 726 g/mol. The van der Waals surface area contributed by atoms with Gasteiger partial charge in [0.25, 0.3) is 11.8 Å². The molecule has 0 aliphatic carbocycles. The molecule has 0 radical (unpaired) electrons. The highest BCUT2D eigenvalue weighted by Crippen LogP contribution is 2.28. The molecule has 2 N–H and O–H groups in total. The van der Waals surface area contributed by atoms with Gasteiger partial charge in [0.05, 0.1) is 0 Å². The lowest BCUT2D eigenvalue weighted by molar-refractivity contribution is -0.120. The number of hydrogen-bond donors (Lipinski definition) is 2. The van der Waals surface area contributed by atoms with Gasteiger partial charge in [0.1, 0.15) is 33.8 Å². The van der Waals surface area contributed by atoms with Crippen molar-refractivity contribution in [3.8, 4) is 22.9 Å². The Kier molecular flexibility index (Phi) is 9.73. The number of benzene rings is 2. The summed E-state index contributed by atoms with van der Waals surface area (Å²) in [6.07, 6.45) is 2.48. The molecule has 0 bridgehead atoms. The van der Waals surface area contributed by atoms with Gasteiger partial charge in [-0.1, -0.05) is 35.3 Å². The molecule has 2 aromatic carbocycles. The average Bonchev–Trinajstić information content (AvgIpc) is 3.94. The van der Waals surface area contributed by atoms with Crippen molar-refractivity contribution in [1.29, 1.82) is 0 Å². The Balaban J connectivity index is 0.951. The second kappa shape index (κ2) is 14.7. The molecular formula is C36H30Cl2N8O5. The van der Waals surface area contributed by atoms with Gasteiger partial charge in [-0.15, -0.1) is 10.2 Å². The maximum Gasteiger partial charge on any atom is 0.273 e. The van der Waals surface area contributed by atoms with Crippen molar-refractivity contribution in [1.82, 2.24) is 30.0 Å². The van der Waals surface area contributed by atoms with Crippen LogP contribution in [-0.2, 0) is 9.59 Å². The first-order valence-corrected chi connectivity index (χ1v) is 17.0. The summed E-state index contributed by atoms with van der Waals surface area (Å²) in [7, 11) is 0. The van der Waals surface area contributed by atoms with Gasteiger partial charge in [0.2, 0.25) is 23.6 Å². The maximum absolute atomic E-state index is 13.2. The highest BCUT2D eigenvalue weighted by molar-refractivity contribution is 6.29. The third-order valence-corrected chi connectivity index (χ3v) is 9.15. The summed E-state index contributed by atoms with van der Waals surface area (Å²) in [6, 6.07) is 22.3.